The van der Waals surface area contributed by atoms with Crippen LogP contribution in [0.1, 0.15) is 37.9 Å². The number of anilines is 1. The van der Waals surface area contributed by atoms with Crippen molar-refractivity contribution >= 4 is 36.4 Å². The van der Waals surface area contributed by atoms with E-state index in [4.69, 9.17) is 5.73 Å². The highest BCUT2D eigenvalue weighted by Crippen LogP contribution is 2.31. The average Bonchev–Trinajstić information content (AvgIpc) is 2.96. The van der Waals surface area contributed by atoms with Crippen molar-refractivity contribution in [1.29, 1.82) is 0 Å². The predicted octanol–water partition coefficient (Wildman–Crippen LogP) is 2.54. The maximum Gasteiger partial charge on any atom is 0.227 e. The molecule has 7 nitrogen and oxygen atoms in total. The molecular weight excluding hydrogens is 377 g/mol. The van der Waals surface area contributed by atoms with Gasteiger partial charge in [-0.3, -0.25) is 14.5 Å². The first-order valence-corrected chi connectivity index (χ1v) is 8.29. The topological polar surface area (TPSA) is 106 Å². The normalized spacial score (nSPS) is 19.7. The zero-order valence-corrected chi connectivity index (χ0v) is 16.2. The van der Waals surface area contributed by atoms with Crippen LogP contribution in [0.4, 0.5) is 5.69 Å². The van der Waals surface area contributed by atoms with Crippen LogP contribution in [0.5, 0.6) is 0 Å². The molecule has 0 unspecified atom stereocenters. The zero-order chi connectivity index (χ0) is 17.1. The van der Waals surface area contributed by atoms with Gasteiger partial charge in [0.1, 0.15) is 0 Å². The molecule has 0 spiro atoms. The third-order valence-corrected chi connectivity index (χ3v) is 4.44. The Kier molecular flexibility index (Phi) is 8.49. The summed E-state index contributed by atoms with van der Waals surface area (Å²) in [6.45, 7) is 2.24. The minimum Gasteiger partial charge on any atom is -0.394 e. The molecule has 26 heavy (non-hydrogen) atoms. The summed E-state index contributed by atoms with van der Waals surface area (Å²) in [5.74, 6) is -0.125. The van der Waals surface area contributed by atoms with Gasteiger partial charge in [0, 0.05) is 23.7 Å². The molecule has 9 heteroatoms. The highest BCUT2D eigenvalue weighted by molar-refractivity contribution is 5.95. The third kappa shape index (κ3) is 4.73. The Labute approximate surface area is 165 Å². The summed E-state index contributed by atoms with van der Waals surface area (Å²) in [6.07, 6.45) is 5.79. The first-order valence-electron chi connectivity index (χ1n) is 8.29. The molecule has 0 aliphatic carbocycles. The Balaban J connectivity index is 0.00000169. The summed E-state index contributed by atoms with van der Waals surface area (Å²) in [7, 11) is 0. The largest absolute Gasteiger partial charge is 0.394 e. The van der Waals surface area contributed by atoms with E-state index in [1.54, 1.807) is 17.1 Å². The molecule has 3 rings (SSSR count). The summed E-state index contributed by atoms with van der Waals surface area (Å²) in [6, 6.07) is 3.65. The van der Waals surface area contributed by atoms with Crippen molar-refractivity contribution in [2.45, 2.75) is 38.8 Å². The van der Waals surface area contributed by atoms with Gasteiger partial charge in [-0.05, 0) is 25.0 Å². The van der Waals surface area contributed by atoms with Crippen molar-refractivity contribution in [1.82, 2.24) is 14.8 Å². The van der Waals surface area contributed by atoms with Crippen LogP contribution in [-0.4, -0.2) is 32.4 Å². The molecule has 144 valence electrons. The molecule has 3 heterocycles. The van der Waals surface area contributed by atoms with E-state index in [-0.39, 0.29) is 49.3 Å². The number of amides is 1. The molecule has 0 fully saturated rings. The highest BCUT2D eigenvalue weighted by Gasteiger charge is 2.21. The Morgan fingerprint density at radius 2 is 2.15 bits per heavy atom. The lowest BCUT2D eigenvalue weighted by atomic mass is 9.97. The van der Waals surface area contributed by atoms with Crippen molar-refractivity contribution in [2.24, 2.45) is 11.7 Å². The summed E-state index contributed by atoms with van der Waals surface area (Å²) in [5.41, 5.74) is 9.38. The van der Waals surface area contributed by atoms with E-state index in [1.165, 1.54) is 0 Å². The number of hydrogen-bond acceptors (Lipinski definition) is 5. The van der Waals surface area contributed by atoms with Gasteiger partial charge in [-0.1, -0.05) is 13.3 Å². The number of nitrogens with one attached hydrogen (secondary N) is 1. The molecule has 0 aromatic carbocycles. The number of aliphatic hydroxyl groups excluding tert-OH is 1. The number of aliphatic hydroxyl groups is 1. The van der Waals surface area contributed by atoms with Crippen LogP contribution in [0.25, 0.3) is 11.3 Å². The molecule has 2 aromatic rings. The van der Waals surface area contributed by atoms with Gasteiger partial charge in [0.2, 0.25) is 5.91 Å². The number of hydrogen-bond donors (Lipinski definition) is 3. The summed E-state index contributed by atoms with van der Waals surface area (Å²) in [4.78, 5) is 16.8. The van der Waals surface area contributed by atoms with Gasteiger partial charge < -0.3 is 16.2 Å². The van der Waals surface area contributed by atoms with Gasteiger partial charge in [-0.2, -0.15) is 5.10 Å². The summed E-state index contributed by atoms with van der Waals surface area (Å²) < 4.78 is 1.69. The molecule has 0 saturated carbocycles. The molecule has 2 atom stereocenters. The Hall–Kier alpha value is -1.67. The summed E-state index contributed by atoms with van der Waals surface area (Å²) >= 11 is 0. The molecule has 1 amide bonds. The molecule has 0 radical (unpaired) electrons. The molecule has 2 bridgehead atoms. The monoisotopic (exact) mass is 401 g/mol. The number of nitrogens with zero attached hydrogens (tertiary/aromatic N) is 3. The second-order valence-corrected chi connectivity index (χ2v) is 6.25. The van der Waals surface area contributed by atoms with Gasteiger partial charge in [0.05, 0.1) is 36.4 Å². The average molecular weight is 402 g/mol. The van der Waals surface area contributed by atoms with E-state index in [2.05, 4.69) is 15.4 Å². The molecule has 4 N–H and O–H groups in total. The maximum atomic E-state index is 12.4. The minimum atomic E-state index is -0.155. The summed E-state index contributed by atoms with van der Waals surface area (Å²) in [5, 5.41) is 16.6. The Bertz CT molecular complexity index is 738. The van der Waals surface area contributed by atoms with Crippen LogP contribution < -0.4 is 11.1 Å². The maximum absolute atomic E-state index is 12.4. The van der Waals surface area contributed by atoms with E-state index >= 15 is 0 Å². The molecule has 2 aromatic heterocycles. The first-order chi connectivity index (χ1) is 11.6. The number of pyridine rings is 1. The Morgan fingerprint density at radius 3 is 2.88 bits per heavy atom. The van der Waals surface area contributed by atoms with Crippen LogP contribution in [-0.2, 0) is 11.3 Å². The molecule has 1 aliphatic heterocycles. The van der Waals surface area contributed by atoms with Crippen molar-refractivity contribution in [3.63, 3.8) is 0 Å². The second-order valence-electron chi connectivity index (χ2n) is 6.25. The fourth-order valence-corrected chi connectivity index (χ4v) is 3.02. The van der Waals surface area contributed by atoms with Crippen LogP contribution in [0.3, 0.4) is 0 Å². The molecule has 0 saturated heterocycles. The van der Waals surface area contributed by atoms with Crippen molar-refractivity contribution < 1.29 is 9.90 Å². The standard InChI is InChI=1S/C17H23N5O2.2ClH/c1-11-3-2-4-13(18)14-9-12(5-6-19-14)16-15(21-17(11)24)10-20-22(16)7-8-23;;/h5-6,9-11,13,23H,2-4,7-8,18H2,1H3,(H,21,24);2*1H/t11-,13+;;/m1../s1. The number of nitrogens with two attached hydrogens (primary N) is 1. The van der Waals surface area contributed by atoms with Crippen molar-refractivity contribution in [3.8, 4) is 11.3 Å². The zero-order valence-electron chi connectivity index (χ0n) is 14.6. The molecular formula is C17H25Cl2N5O2. The van der Waals surface area contributed by atoms with Crippen LogP contribution in [0.15, 0.2) is 24.5 Å². The minimum absolute atomic E-state index is 0. The van der Waals surface area contributed by atoms with E-state index < -0.39 is 0 Å². The van der Waals surface area contributed by atoms with E-state index in [1.807, 2.05) is 19.1 Å². The van der Waals surface area contributed by atoms with Crippen LogP contribution >= 0.6 is 24.8 Å². The number of rotatable bonds is 2. The number of halogens is 2. The predicted molar refractivity (Wildman–Crippen MR) is 106 cm³/mol. The van der Waals surface area contributed by atoms with E-state index in [0.29, 0.717) is 12.2 Å². The smallest absolute Gasteiger partial charge is 0.227 e. The number of aromatic nitrogens is 3. The number of carbonyl (C=O) groups excluding carboxylic acids is 1. The fourth-order valence-electron chi connectivity index (χ4n) is 3.02. The van der Waals surface area contributed by atoms with Gasteiger partial charge in [-0.25, -0.2) is 0 Å². The van der Waals surface area contributed by atoms with Gasteiger partial charge in [0.15, 0.2) is 0 Å². The SMILES string of the molecule is C[C@@H]1CCC[C@H](N)c2cc(ccn2)-c2c(cnn2CCO)NC1=O.Cl.Cl. The van der Waals surface area contributed by atoms with Crippen LogP contribution in [0, 0.1) is 5.92 Å². The van der Waals surface area contributed by atoms with Gasteiger partial charge in [0.25, 0.3) is 0 Å². The number of fused-ring (bicyclic) bond motifs is 4. The first kappa shape index (κ1) is 22.4. The lowest BCUT2D eigenvalue weighted by Crippen LogP contribution is -2.22. The second kappa shape index (κ2) is 9.87. The van der Waals surface area contributed by atoms with Crippen molar-refractivity contribution in [2.75, 3.05) is 11.9 Å². The number of carbonyl (C=O) groups is 1. The third-order valence-electron chi connectivity index (χ3n) is 4.44. The lowest BCUT2D eigenvalue weighted by Gasteiger charge is -2.18. The van der Waals surface area contributed by atoms with Crippen LogP contribution in [0.2, 0.25) is 0 Å². The van der Waals surface area contributed by atoms with E-state index in [0.717, 1.165) is 36.2 Å². The quantitative estimate of drug-likeness (QED) is 0.716. The van der Waals surface area contributed by atoms with Crippen molar-refractivity contribution in [3.05, 3.63) is 30.2 Å². The lowest BCUT2D eigenvalue weighted by molar-refractivity contribution is -0.119. The molecule has 1 aliphatic rings. The fraction of sp³-hybridized carbons (Fsp3) is 0.471. The van der Waals surface area contributed by atoms with Gasteiger partial charge in [-0.15, -0.1) is 24.8 Å². The van der Waals surface area contributed by atoms with Gasteiger partial charge >= 0.3 is 0 Å². The van der Waals surface area contributed by atoms with E-state index in [9.17, 15) is 9.90 Å². The Morgan fingerprint density at radius 1 is 1.38 bits per heavy atom. The highest BCUT2D eigenvalue weighted by atomic mass is 35.5.